The molecule has 0 radical (unpaired) electrons. The first kappa shape index (κ1) is 69.9. The number of non-ortho nitro benzene ring substituents is 2. The number of benzene rings is 3. The molecule has 0 aliphatic carbocycles. The molecule has 0 atom stereocenters. The van der Waals surface area contributed by atoms with Crippen LogP contribution < -0.4 is 129 Å². The molecule has 0 unspecified atom stereocenters. The Bertz CT molecular complexity index is 1530. The predicted octanol–water partition coefficient (Wildman–Crippen LogP) is -1.17. The van der Waals surface area contributed by atoms with Gasteiger partial charge in [0.1, 0.15) is 5.82 Å². The second-order valence-corrected chi connectivity index (χ2v) is 13.3. The van der Waals surface area contributed by atoms with Gasteiger partial charge < -0.3 is 52.2 Å². The van der Waals surface area contributed by atoms with Crippen molar-refractivity contribution in [3.8, 4) is 0 Å². The van der Waals surface area contributed by atoms with Crippen molar-refractivity contribution in [3.63, 3.8) is 0 Å². The molecule has 0 spiro atoms. The van der Waals surface area contributed by atoms with Crippen molar-refractivity contribution in [2.75, 3.05) is 122 Å². The summed E-state index contributed by atoms with van der Waals surface area (Å²) >= 11 is 0. The number of aliphatic hydroxyl groups is 1. The van der Waals surface area contributed by atoms with Crippen molar-refractivity contribution in [1.29, 1.82) is 0 Å². The summed E-state index contributed by atoms with van der Waals surface area (Å²) in [6.07, 6.45) is 3.67. The van der Waals surface area contributed by atoms with E-state index in [9.17, 15) is 24.6 Å². The van der Waals surface area contributed by atoms with E-state index in [1.165, 1.54) is 44.7 Å². The molecule has 4 N–H and O–H groups in total. The maximum atomic E-state index is 12.1. The van der Waals surface area contributed by atoms with Gasteiger partial charge in [0.15, 0.2) is 0 Å². The quantitative estimate of drug-likeness (QED) is 0.0688. The third-order valence-corrected chi connectivity index (χ3v) is 8.76. The second kappa shape index (κ2) is 43.7. The Hall–Kier alpha value is -1.13. The van der Waals surface area contributed by atoms with Gasteiger partial charge in [0.25, 0.3) is 17.8 Å². The van der Waals surface area contributed by atoms with Crippen molar-refractivity contribution < 1.29 is 138 Å². The second-order valence-electron chi connectivity index (χ2n) is 13.3. The van der Waals surface area contributed by atoms with E-state index >= 15 is 0 Å². The van der Waals surface area contributed by atoms with E-state index in [2.05, 4.69) is 68.0 Å². The standard InChI is InChI=1S/C12H17N3O2.C12H19N3.C6H4FNO2.C6H14N2.C2H6O.CH2O3.CH4.2ClH.2K.H/c1-13-7-2-8-14(10-9-13)11-3-5-12(6-4-11)15(16)17;1-14-7-2-8-15(10-9-14)12-5-3-11(13)4-6-12;7-5-1-3-6(4-2-5)8(9)10;1-8-5-2-3-7-4-6-8;1-2-3;2-1-4-3;;;;;;/h3-6H,2,7-10H2,1H3;3-6H,2,7-10,13H2,1H3;1-4H;7H,2-6H2,1H3;3H,2H2,1H3;1,3H;1H4;2*1H;;;/q;;;;;;;;;2*+1;-1/p-1. The van der Waals surface area contributed by atoms with Crippen LogP contribution in [-0.2, 0) is 9.68 Å². The minimum Gasteiger partial charge on any atom is -1.00 e. The Morgan fingerprint density at radius 1 is 0.694 bits per heavy atom. The third kappa shape index (κ3) is 33.4. The number of rotatable bonds is 5. The molecule has 3 aliphatic heterocycles. The summed E-state index contributed by atoms with van der Waals surface area (Å²) in [5.74, 6) is -0.467. The number of anilines is 3. The SMILES string of the molecule is C.CCO.CN1CCCN(c2ccc(N)cc2)CC1.CN1CCCN(c2ccc([N+](=O)[O-])cc2)CC1.CN1CCCNCC1.Cl.Cl.O=CO[O-].O=[N+]([O-])c1ccc(F)cc1.[H-].[K+].[K+]. The molecule has 17 nitrogen and oxygen atoms in total. The van der Waals surface area contributed by atoms with Crippen LogP contribution in [-0.4, -0.2) is 142 Å². The molecule has 3 aromatic rings. The number of nitrogens with two attached hydrogens (primary N) is 1. The van der Waals surface area contributed by atoms with Gasteiger partial charge in [0.05, 0.1) is 9.85 Å². The van der Waals surface area contributed by atoms with Crippen molar-refractivity contribution >= 4 is 59.7 Å². The molecule has 3 saturated heterocycles. The summed E-state index contributed by atoms with van der Waals surface area (Å²) in [5, 5.41) is 39.9. The molecule has 3 fully saturated rings. The van der Waals surface area contributed by atoms with E-state index in [1.807, 2.05) is 24.3 Å². The zero-order valence-electron chi connectivity index (χ0n) is 37.5. The van der Waals surface area contributed by atoms with Gasteiger partial charge in [-0.05, 0) is 122 Å². The Labute approximate surface area is 466 Å². The summed E-state index contributed by atoms with van der Waals surface area (Å²) in [6.45, 7) is 15.3. The average molecular weight is 971 g/mol. The Morgan fingerprint density at radius 2 is 1.05 bits per heavy atom. The fraction of sp³-hybridized carbons (Fsp3) is 0.525. The Morgan fingerprint density at radius 3 is 1.44 bits per heavy atom. The van der Waals surface area contributed by atoms with Crippen LogP contribution in [0.3, 0.4) is 0 Å². The molecule has 3 aromatic carbocycles. The number of likely N-dealkylation sites (N-methyl/N-ethyl adjacent to an activating group) is 3. The number of halogens is 3. The summed E-state index contributed by atoms with van der Waals surface area (Å²) in [6, 6.07) is 19.3. The normalized spacial score (nSPS) is 14.8. The van der Waals surface area contributed by atoms with E-state index < -0.39 is 10.7 Å². The number of carbonyl (C=O) groups excluding carboxylic acids is 1. The first-order valence-electron chi connectivity index (χ1n) is 18.9. The number of nitro benzene ring substituents is 2. The van der Waals surface area contributed by atoms with Crippen LogP contribution in [0.2, 0.25) is 0 Å². The van der Waals surface area contributed by atoms with Crippen LogP contribution in [0.15, 0.2) is 72.8 Å². The molecule has 3 aliphatic rings. The van der Waals surface area contributed by atoms with Crippen LogP contribution in [0, 0.1) is 26.0 Å². The number of hydrogen-bond donors (Lipinski definition) is 3. The van der Waals surface area contributed by atoms with Gasteiger partial charge in [-0.2, -0.15) is 0 Å². The molecule has 0 amide bonds. The summed E-state index contributed by atoms with van der Waals surface area (Å²) in [7, 11) is 6.48. The van der Waals surface area contributed by atoms with Crippen LogP contribution >= 0.6 is 24.8 Å². The van der Waals surface area contributed by atoms with Gasteiger partial charge in [-0.1, -0.05) is 7.43 Å². The van der Waals surface area contributed by atoms with Gasteiger partial charge in [-0.25, -0.2) is 4.39 Å². The molecule has 0 saturated carbocycles. The largest absolute Gasteiger partial charge is 1.00 e. The number of aliphatic hydroxyl groups excluding tert-OH is 1. The zero-order chi connectivity index (χ0) is 42.4. The van der Waals surface area contributed by atoms with Gasteiger partial charge in [-0.15, -0.1) is 24.8 Å². The minimum atomic E-state index is -0.570. The first-order valence-corrected chi connectivity index (χ1v) is 18.9. The van der Waals surface area contributed by atoms with Crippen molar-refractivity contribution in [3.05, 3.63) is 98.8 Å². The minimum absolute atomic E-state index is 0. The summed E-state index contributed by atoms with van der Waals surface area (Å²) in [4.78, 5) is 42.7. The molecule has 6 rings (SSSR count). The fourth-order valence-corrected chi connectivity index (χ4v) is 5.62. The van der Waals surface area contributed by atoms with Gasteiger partial charge in [-0.3, -0.25) is 25.0 Å². The summed E-state index contributed by atoms with van der Waals surface area (Å²) in [5.41, 5.74) is 8.94. The van der Waals surface area contributed by atoms with E-state index in [0.717, 1.165) is 94.4 Å². The van der Waals surface area contributed by atoms with Crippen molar-refractivity contribution in [2.24, 2.45) is 0 Å². The molecular formula is C40H68Cl2FK2N9O8. The molecule has 0 aromatic heterocycles. The molecule has 22 heteroatoms. The van der Waals surface area contributed by atoms with Gasteiger partial charge >= 0.3 is 103 Å². The molecule has 0 bridgehead atoms. The average Bonchev–Trinajstić information content (AvgIpc) is 3.69. The van der Waals surface area contributed by atoms with Crippen molar-refractivity contribution in [2.45, 2.75) is 33.6 Å². The van der Waals surface area contributed by atoms with E-state index in [-0.39, 0.29) is 166 Å². The van der Waals surface area contributed by atoms with E-state index in [0.29, 0.717) is 0 Å². The molecule has 3 heterocycles. The Balaban J connectivity index is -0.000000163. The van der Waals surface area contributed by atoms with E-state index in [4.69, 9.17) is 20.9 Å². The smallest absolute Gasteiger partial charge is 1.00 e. The predicted molar refractivity (Wildman–Crippen MR) is 243 cm³/mol. The molecular weight excluding hydrogens is 903 g/mol. The van der Waals surface area contributed by atoms with Crippen LogP contribution in [0.5, 0.6) is 0 Å². The number of nitrogens with zero attached hydrogens (tertiary/aromatic N) is 7. The van der Waals surface area contributed by atoms with Crippen LogP contribution in [0.4, 0.5) is 32.8 Å². The number of nitrogens with one attached hydrogen (secondary N) is 1. The topological polar surface area (TPSA) is 210 Å². The fourth-order valence-electron chi connectivity index (χ4n) is 5.62. The monoisotopic (exact) mass is 969 g/mol. The maximum Gasteiger partial charge on any atom is 1.00 e. The van der Waals surface area contributed by atoms with Crippen LogP contribution in [0.1, 0.15) is 35.0 Å². The number of hydrogen-bond acceptors (Lipinski definition) is 15. The summed E-state index contributed by atoms with van der Waals surface area (Å²) < 4.78 is 12.1. The van der Waals surface area contributed by atoms with E-state index in [1.54, 1.807) is 19.1 Å². The number of carbonyl (C=O) groups is 1. The number of nitro groups is 2. The number of nitrogen functional groups attached to an aromatic ring is 1. The first-order chi connectivity index (χ1) is 27.3. The zero-order valence-corrected chi connectivity index (χ0v) is 44.4. The van der Waals surface area contributed by atoms with Gasteiger partial charge in [0.2, 0.25) is 0 Å². The third-order valence-electron chi connectivity index (χ3n) is 8.76. The molecule has 344 valence electrons. The Kier molecular flexibility index (Phi) is 49.3. The maximum absolute atomic E-state index is 12.1. The van der Waals surface area contributed by atoms with Crippen LogP contribution in [0.25, 0.3) is 0 Å². The van der Waals surface area contributed by atoms with Crippen molar-refractivity contribution in [1.82, 2.24) is 20.0 Å². The molecule has 62 heavy (non-hydrogen) atoms. The van der Waals surface area contributed by atoms with Gasteiger partial charge in [0, 0.05) is 100 Å².